The molecule has 5 heteroatoms. The maximum atomic E-state index is 12.5. The molecule has 0 aromatic heterocycles. The average Bonchev–Trinajstić information content (AvgIpc) is 2.93. The van der Waals surface area contributed by atoms with Gasteiger partial charge in [0.05, 0.1) is 6.04 Å². The Labute approximate surface area is 160 Å². The van der Waals surface area contributed by atoms with E-state index in [1.54, 1.807) is 4.90 Å². The summed E-state index contributed by atoms with van der Waals surface area (Å²) in [6.07, 6.45) is 0.312. The number of carbonyl (C=O) groups excluding carboxylic acids is 2. The zero-order chi connectivity index (χ0) is 19.7. The molecular formula is C22H27N3O2. The Morgan fingerprint density at radius 1 is 0.963 bits per heavy atom. The van der Waals surface area contributed by atoms with Crippen LogP contribution in [0.15, 0.2) is 30.3 Å². The van der Waals surface area contributed by atoms with Gasteiger partial charge in [0.1, 0.15) is 0 Å². The molecule has 1 fully saturated rings. The first kappa shape index (κ1) is 19.0. The number of benzene rings is 2. The van der Waals surface area contributed by atoms with E-state index >= 15 is 0 Å². The number of rotatable bonds is 3. The molecule has 3 rings (SSSR count). The number of aryl methyl sites for hydroxylation is 5. The Balaban J connectivity index is 1.66. The molecule has 1 heterocycles. The molecule has 0 unspecified atom stereocenters. The number of urea groups is 1. The third-order valence-corrected chi connectivity index (χ3v) is 5.18. The van der Waals surface area contributed by atoms with Gasteiger partial charge in [-0.25, -0.2) is 4.79 Å². The first-order valence-corrected chi connectivity index (χ1v) is 9.27. The van der Waals surface area contributed by atoms with Gasteiger partial charge in [0, 0.05) is 24.3 Å². The lowest BCUT2D eigenvalue weighted by Gasteiger charge is -2.19. The third kappa shape index (κ3) is 4.13. The summed E-state index contributed by atoms with van der Waals surface area (Å²) in [7, 11) is 0. The summed E-state index contributed by atoms with van der Waals surface area (Å²) in [5, 5.41) is 5.88. The lowest BCUT2D eigenvalue weighted by molar-refractivity contribution is -0.117. The normalized spacial score (nSPS) is 16.6. The molecule has 0 aliphatic carbocycles. The molecule has 1 atom stereocenters. The summed E-state index contributed by atoms with van der Waals surface area (Å²) in [5.41, 5.74) is 7.29. The first-order valence-electron chi connectivity index (χ1n) is 9.27. The zero-order valence-electron chi connectivity index (χ0n) is 16.6. The monoisotopic (exact) mass is 365 g/mol. The van der Waals surface area contributed by atoms with E-state index in [4.69, 9.17) is 0 Å². The fourth-order valence-corrected chi connectivity index (χ4v) is 3.66. The molecule has 2 N–H and O–H groups in total. The summed E-state index contributed by atoms with van der Waals surface area (Å²) in [6, 6.07) is 9.62. The van der Waals surface area contributed by atoms with Crippen molar-refractivity contribution < 1.29 is 9.59 Å². The van der Waals surface area contributed by atoms with Gasteiger partial charge in [-0.15, -0.1) is 0 Å². The minimum absolute atomic E-state index is 0.0336. The number of hydrogen-bond acceptors (Lipinski definition) is 2. The fourth-order valence-electron chi connectivity index (χ4n) is 3.66. The molecule has 1 aliphatic rings. The van der Waals surface area contributed by atoms with Crippen molar-refractivity contribution in [2.24, 2.45) is 0 Å². The van der Waals surface area contributed by atoms with Gasteiger partial charge in [-0.3, -0.25) is 4.79 Å². The highest BCUT2D eigenvalue weighted by Crippen LogP contribution is 2.25. The molecule has 1 saturated heterocycles. The summed E-state index contributed by atoms with van der Waals surface area (Å²) in [6.45, 7) is 10.6. The Kier molecular flexibility index (Phi) is 5.22. The number of hydrogen-bond donors (Lipinski definition) is 2. The largest absolute Gasteiger partial charge is 0.333 e. The Bertz CT molecular complexity index is 881. The van der Waals surface area contributed by atoms with Gasteiger partial charge >= 0.3 is 6.03 Å². The standard InChI is InChI=1S/C22H27N3O2/c1-13-8-16(4)21(17(5)9-13)24-22(27)23-18-11-20(26)25(12-18)19-7-6-14(2)15(3)10-19/h6-10,18H,11-12H2,1-5H3,(H2,23,24,27)/t18-/m1/s1. The highest BCUT2D eigenvalue weighted by atomic mass is 16.2. The van der Waals surface area contributed by atoms with Crippen LogP contribution in [0.25, 0.3) is 0 Å². The molecule has 142 valence electrons. The smallest absolute Gasteiger partial charge is 0.319 e. The fraction of sp³-hybridized carbons (Fsp3) is 0.364. The van der Waals surface area contributed by atoms with Crippen molar-refractivity contribution in [3.63, 3.8) is 0 Å². The van der Waals surface area contributed by atoms with E-state index in [0.29, 0.717) is 13.0 Å². The van der Waals surface area contributed by atoms with Crippen molar-refractivity contribution in [1.29, 1.82) is 0 Å². The lowest BCUT2D eigenvalue weighted by Crippen LogP contribution is -2.40. The third-order valence-electron chi connectivity index (χ3n) is 5.18. The molecule has 3 amide bonds. The van der Waals surface area contributed by atoms with Gasteiger partial charge in [-0.05, 0) is 69.0 Å². The van der Waals surface area contributed by atoms with Gasteiger partial charge < -0.3 is 15.5 Å². The molecular weight excluding hydrogens is 338 g/mol. The van der Waals surface area contributed by atoms with Crippen molar-refractivity contribution in [1.82, 2.24) is 5.32 Å². The summed E-state index contributed by atoms with van der Waals surface area (Å²) in [5.74, 6) is 0.0336. The number of anilines is 2. The zero-order valence-corrected chi connectivity index (χ0v) is 16.6. The minimum Gasteiger partial charge on any atom is -0.333 e. The molecule has 27 heavy (non-hydrogen) atoms. The second-order valence-corrected chi connectivity index (χ2v) is 7.55. The van der Waals surface area contributed by atoms with Gasteiger partial charge in [-0.1, -0.05) is 23.8 Å². The average molecular weight is 365 g/mol. The van der Waals surface area contributed by atoms with E-state index in [-0.39, 0.29) is 18.0 Å². The van der Waals surface area contributed by atoms with Crippen LogP contribution < -0.4 is 15.5 Å². The van der Waals surface area contributed by atoms with Crippen LogP contribution in [0.3, 0.4) is 0 Å². The number of nitrogens with zero attached hydrogens (tertiary/aromatic N) is 1. The molecule has 1 aliphatic heterocycles. The van der Waals surface area contributed by atoms with Crippen LogP contribution in [0.1, 0.15) is 34.2 Å². The van der Waals surface area contributed by atoms with Crippen molar-refractivity contribution in [3.8, 4) is 0 Å². The highest BCUT2D eigenvalue weighted by molar-refractivity contribution is 5.98. The minimum atomic E-state index is -0.273. The van der Waals surface area contributed by atoms with Gasteiger partial charge in [0.2, 0.25) is 5.91 Å². The molecule has 0 radical (unpaired) electrons. The van der Waals surface area contributed by atoms with Crippen molar-refractivity contribution in [3.05, 3.63) is 58.1 Å². The van der Waals surface area contributed by atoms with E-state index in [0.717, 1.165) is 28.1 Å². The Morgan fingerprint density at radius 3 is 2.26 bits per heavy atom. The van der Waals surface area contributed by atoms with Crippen LogP contribution in [0.2, 0.25) is 0 Å². The van der Waals surface area contributed by atoms with Crippen molar-refractivity contribution >= 4 is 23.3 Å². The van der Waals surface area contributed by atoms with Crippen molar-refractivity contribution in [2.45, 2.75) is 47.1 Å². The molecule has 2 aromatic rings. The maximum Gasteiger partial charge on any atom is 0.319 e. The summed E-state index contributed by atoms with van der Waals surface area (Å²) in [4.78, 5) is 26.6. The van der Waals surface area contributed by atoms with E-state index in [2.05, 4.69) is 17.6 Å². The molecule has 5 nitrogen and oxygen atoms in total. The van der Waals surface area contributed by atoms with Crippen LogP contribution in [0, 0.1) is 34.6 Å². The second-order valence-electron chi connectivity index (χ2n) is 7.55. The molecule has 0 bridgehead atoms. The quantitative estimate of drug-likeness (QED) is 0.858. The topological polar surface area (TPSA) is 61.4 Å². The number of amides is 3. The lowest BCUT2D eigenvalue weighted by atomic mass is 10.1. The van der Waals surface area contributed by atoms with Gasteiger partial charge in [0.25, 0.3) is 0 Å². The molecule has 0 saturated carbocycles. The van der Waals surface area contributed by atoms with E-state index in [1.165, 1.54) is 11.1 Å². The maximum absolute atomic E-state index is 12.5. The summed E-state index contributed by atoms with van der Waals surface area (Å²) < 4.78 is 0. The predicted molar refractivity (Wildman–Crippen MR) is 109 cm³/mol. The SMILES string of the molecule is Cc1cc(C)c(NC(=O)N[C@@H]2CC(=O)N(c3ccc(C)c(C)c3)C2)c(C)c1. The summed E-state index contributed by atoms with van der Waals surface area (Å²) >= 11 is 0. The second kappa shape index (κ2) is 7.43. The van der Waals surface area contributed by atoms with Crippen LogP contribution in [0.5, 0.6) is 0 Å². The first-order chi connectivity index (χ1) is 12.7. The van der Waals surface area contributed by atoms with E-state index in [9.17, 15) is 9.59 Å². The number of carbonyl (C=O) groups is 2. The van der Waals surface area contributed by atoms with Crippen molar-refractivity contribution in [2.75, 3.05) is 16.8 Å². The van der Waals surface area contributed by atoms with Crippen LogP contribution in [0.4, 0.5) is 16.2 Å². The Hall–Kier alpha value is -2.82. The Morgan fingerprint density at radius 2 is 1.63 bits per heavy atom. The molecule has 2 aromatic carbocycles. The van der Waals surface area contributed by atoms with Crippen LogP contribution in [-0.4, -0.2) is 24.5 Å². The van der Waals surface area contributed by atoms with E-state index in [1.807, 2.05) is 58.0 Å². The predicted octanol–water partition coefficient (Wildman–Crippen LogP) is 4.16. The van der Waals surface area contributed by atoms with Gasteiger partial charge in [0.15, 0.2) is 0 Å². The molecule has 0 spiro atoms. The van der Waals surface area contributed by atoms with Gasteiger partial charge in [-0.2, -0.15) is 0 Å². The number of nitrogens with one attached hydrogen (secondary N) is 2. The van der Waals surface area contributed by atoms with Crippen LogP contribution in [-0.2, 0) is 4.79 Å². The van der Waals surface area contributed by atoms with Crippen LogP contribution >= 0.6 is 0 Å². The van der Waals surface area contributed by atoms with E-state index < -0.39 is 0 Å². The highest BCUT2D eigenvalue weighted by Gasteiger charge is 2.31.